The van der Waals surface area contributed by atoms with Crippen LogP contribution in [-0.2, 0) is 14.2 Å². The molecule has 0 amide bonds. The zero-order valence-corrected chi connectivity index (χ0v) is 18.8. The molecule has 1 saturated heterocycles. The zero-order chi connectivity index (χ0) is 17.6. The van der Waals surface area contributed by atoms with Crippen molar-refractivity contribution >= 4 is 29.9 Å². The van der Waals surface area contributed by atoms with Crippen molar-refractivity contribution in [2.24, 2.45) is 4.99 Å². The number of ether oxygens (including phenoxy) is 3. The van der Waals surface area contributed by atoms with E-state index in [0.29, 0.717) is 12.2 Å². The number of aliphatic imine (C=N–C) groups is 1. The van der Waals surface area contributed by atoms with Crippen molar-refractivity contribution in [3.8, 4) is 0 Å². The van der Waals surface area contributed by atoms with Gasteiger partial charge in [-0.1, -0.05) is 0 Å². The molecule has 0 aromatic rings. The lowest BCUT2D eigenvalue weighted by atomic mass is 10.1. The Morgan fingerprint density at radius 1 is 1.16 bits per heavy atom. The molecule has 0 spiro atoms. The van der Waals surface area contributed by atoms with E-state index in [2.05, 4.69) is 31.0 Å². The molecule has 0 aliphatic carbocycles. The Balaban J connectivity index is 0.00000576. The van der Waals surface area contributed by atoms with Gasteiger partial charge in [0.1, 0.15) is 0 Å². The third-order valence-corrected chi connectivity index (χ3v) is 3.94. The number of nitrogens with one attached hydrogen (secondary N) is 1. The van der Waals surface area contributed by atoms with Gasteiger partial charge in [0, 0.05) is 53.1 Å². The van der Waals surface area contributed by atoms with Gasteiger partial charge in [0.25, 0.3) is 0 Å². The van der Waals surface area contributed by atoms with Crippen LogP contribution in [0.4, 0.5) is 0 Å². The molecule has 0 atom stereocenters. The molecular formula is C18H38IN3O3. The van der Waals surface area contributed by atoms with Crippen LogP contribution in [-0.4, -0.2) is 76.2 Å². The molecule has 0 unspecified atom stereocenters. The zero-order valence-electron chi connectivity index (χ0n) is 16.5. The van der Waals surface area contributed by atoms with E-state index < -0.39 is 0 Å². The van der Waals surface area contributed by atoms with Crippen LogP contribution in [0.2, 0.25) is 0 Å². The first kappa shape index (κ1) is 24.9. The average Bonchev–Trinajstić information content (AvgIpc) is 2.58. The maximum Gasteiger partial charge on any atom is 0.193 e. The molecule has 1 aliphatic heterocycles. The molecule has 6 nitrogen and oxygen atoms in total. The van der Waals surface area contributed by atoms with Crippen LogP contribution < -0.4 is 5.32 Å². The molecule has 25 heavy (non-hydrogen) atoms. The Labute approximate surface area is 171 Å². The summed E-state index contributed by atoms with van der Waals surface area (Å²) in [5.74, 6) is 1.03. The molecule has 0 radical (unpaired) electrons. The monoisotopic (exact) mass is 471 g/mol. The van der Waals surface area contributed by atoms with Gasteiger partial charge in [-0.05, 0) is 46.5 Å². The average molecular weight is 471 g/mol. The Morgan fingerprint density at radius 2 is 1.88 bits per heavy atom. The fourth-order valence-corrected chi connectivity index (χ4v) is 2.68. The molecular weight excluding hydrogens is 433 g/mol. The normalized spacial score (nSPS) is 16.2. The van der Waals surface area contributed by atoms with Crippen LogP contribution in [0.15, 0.2) is 4.99 Å². The van der Waals surface area contributed by atoms with Crippen molar-refractivity contribution in [2.75, 3.05) is 53.1 Å². The maximum atomic E-state index is 5.93. The van der Waals surface area contributed by atoms with E-state index in [1.807, 2.05) is 0 Å². The van der Waals surface area contributed by atoms with E-state index in [9.17, 15) is 0 Å². The summed E-state index contributed by atoms with van der Waals surface area (Å²) in [5.41, 5.74) is 0. The third kappa shape index (κ3) is 12.0. The molecule has 0 aromatic heterocycles. The fourth-order valence-electron chi connectivity index (χ4n) is 2.68. The summed E-state index contributed by atoms with van der Waals surface area (Å²) in [4.78, 5) is 7.09. The van der Waals surface area contributed by atoms with Crippen molar-refractivity contribution in [3.05, 3.63) is 0 Å². The molecule has 0 bridgehead atoms. The maximum absolute atomic E-state index is 5.93. The largest absolute Gasteiger partial charge is 0.385 e. The van der Waals surface area contributed by atoms with Crippen molar-refractivity contribution in [1.82, 2.24) is 10.2 Å². The van der Waals surface area contributed by atoms with Gasteiger partial charge < -0.3 is 24.4 Å². The first-order valence-corrected chi connectivity index (χ1v) is 9.42. The Bertz CT molecular complexity index is 336. The summed E-state index contributed by atoms with van der Waals surface area (Å²) in [6, 6.07) is 0. The number of guanidine groups is 1. The predicted molar refractivity (Wildman–Crippen MR) is 114 cm³/mol. The van der Waals surface area contributed by atoms with Gasteiger partial charge >= 0.3 is 0 Å². The first-order chi connectivity index (χ1) is 11.7. The van der Waals surface area contributed by atoms with Gasteiger partial charge in [0.15, 0.2) is 5.96 Å². The molecule has 1 heterocycles. The molecule has 1 N–H and O–H groups in total. The highest BCUT2D eigenvalue weighted by Gasteiger charge is 2.21. The highest BCUT2D eigenvalue weighted by atomic mass is 127. The first-order valence-electron chi connectivity index (χ1n) is 9.42. The van der Waals surface area contributed by atoms with Crippen LogP contribution in [0.5, 0.6) is 0 Å². The molecule has 0 aromatic carbocycles. The van der Waals surface area contributed by atoms with Crippen molar-refractivity contribution in [3.63, 3.8) is 0 Å². The summed E-state index contributed by atoms with van der Waals surface area (Å²) in [6.45, 7) is 12.3. The van der Waals surface area contributed by atoms with Gasteiger partial charge in [-0.15, -0.1) is 24.0 Å². The minimum Gasteiger partial charge on any atom is -0.385 e. The van der Waals surface area contributed by atoms with Crippen LogP contribution in [0.25, 0.3) is 0 Å². The predicted octanol–water partition coefficient (Wildman–Crippen LogP) is 2.90. The molecule has 1 rings (SSSR count). The highest BCUT2D eigenvalue weighted by Crippen LogP contribution is 2.14. The summed E-state index contributed by atoms with van der Waals surface area (Å²) < 4.78 is 16.5. The standard InChI is InChI=1S/C18H37N3O3.HI/c1-5-19-18(20-10-6-14-23-16(2)3)21-11-8-17(9-12-21)24-15-7-13-22-4;/h16-17H,5-15H2,1-4H3,(H,19,20);1H. The van der Waals surface area contributed by atoms with Crippen LogP contribution in [0.3, 0.4) is 0 Å². The Hall–Kier alpha value is -0.120. The van der Waals surface area contributed by atoms with Gasteiger partial charge in [-0.25, -0.2) is 0 Å². The second-order valence-electron chi connectivity index (χ2n) is 6.41. The summed E-state index contributed by atoms with van der Waals surface area (Å²) in [5, 5.41) is 3.40. The second-order valence-corrected chi connectivity index (χ2v) is 6.41. The van der Waals surface area contributed by atoms with Gasteiger partial charge in [0.05, 0.1) is 12.2 Å². The molecule has 7 heteroatoms. The van der Waals surface area contributed by atoms with Crippen LogP contribution >= 0.6 is 24.0 Å². The topological polar surface area (TPSA) is 55.3 Å². The SMILES string of the molecule is CCNC(=NCCCOC(C)C)N1CCC(OCCCOC)CC1.I. The summed E-state index contributed by atoms with van der Waals surface area (Å²) >= 11 is 0. The molecule has 0 saturated carbocycles. The van der Waals surface area contributed by atoms with Crippen molar-refractivity contribution in [2.45, 2.75) is 58.7 Å². The van der Waals surface area contributed by atoms with Crippen LogP contribution in [0.1, 0.15) is 46.5 Å². The number of nitrogens with zero attached hydrogens (tertiary/aromatic N) is 2. The minimum absolute atomic E-state index is 0. The number of rotatable bonds is 11. The smallest absolute Gasteiger partial charge is 0.193 e. The minimum atomic E-state index is 0. The quantitative estimate of drug-likeness (QED) is 0.217. The molecule has 1 aliphatic rings. The third-order valence-electron chi connectivity index (χ3n) is 3.94. The second kappa shape index (κ2) is 16.1. The fraction of sp³-hybridized carbons (Fsp3) is 0.944. The lowest BCUT2D eigenvalue weighted by Gasteiger charge is -2.34. The lowest BCUT2D eigenvalue weighted by molar-refractivity contribution is 0.00990. The van der Waals surface area contributed by atoms with E-state index in [0.717, 1.165) is 77.6 Å². The summed E-state index contributed by atoms with van der Waals surface area (Å²) in [7, 11) is 1.73. The molecule has 1 fully saturated rings. The Morgan fingerprint density at radius 3 is 2.48 bits per heavy atom. The number of likely N-dealkylation sites (tertiary alicyclic amines) is 1. The van der Waals surface area contributed by atoms with Gasteiger partial charge in [-0.3, -0.25) is 4.99 Å². The number of halogens is 1. The van der Waals surface area contributed by atoms with Crippen LogP contribution in [0, 0.1) is 0 Å². The van der Waals surface area contributed by atoms with E-state index in [4.69, 9.17) is 19.2 Å². The lowest BCUT2D eigenvalue weighted by Crippen LogP contribution is -2.47. The number of hydrogen-bond donors (Lipinski definition) is 1. The van der Waals surface area contributed by atoms with Crippen molar-refractivity contribution in [1.29, 1.82) is 0 Å². The van der Waals surface area contributed by atoms with E-state index >= 15 is 0 Å². The molecule has 150 valence electrons. The van der Waals surface area contributed by atoms with E-state index in [1.165, 1.54) is 0 Å². The number of piperidine rings is 1. The number of methoxy groups -OCH3 is 1. The summed E-state index contributed by atoms with van der Waals surface area (Å²) in [6.07, 6.45) is 4.73. The van der Waals surface area contributed by atoms with E-state index in [1.54, 1.807) is 7.11 Å². The van der Waals surface area contributed by atoms with Gasteiger partial charge in [0.2, 0.25) is 0 Å². The van der Waals surface area contributed by atoms with Gasteiger partial charge in [-0.2, -0.15) is 0 Å². The number of hydrogen-bond acceptors (Lipinski definition) is 4. The van der Waals surface area contributed by atoms with Crippen molar-refractivity contribution < 1.29 is 14.2 Å². The highest BCUT2D eigenvalue weighted by molar-refractivity contribution is 14.0. The Kier molecular flexibility index (Phi) is 16.0. The van der Waals surface area contributed by atoms with E-state index in [-0.39, 0.29) is 24.0 Å².